The van der Waals surface area contributed by atoms with Crippen molar-refractivity contribution in [3.63, 3.8) is 0 Å². The molecule has 0 saturated carbocycles. The molecule has 31 heavy (non-hydrogen) atoms. The van der Waals surface area contributed by atoms with Gasteiger partial charge in [-0.15, -0.1) is 10.2 Å². The zero-order valence-electron chi connectivity index (χ0n) is 16.4. The molecule has 0 bridgehead atoms. The van der Waals surface area contributed by atoms with Gasteiger partial charge in [-0.2, -0.15) is 5.10 Å². The maximum atomic E-state index is 12.5. The van der Waals surface area contributed by atoms with Crippen LogP contribution < -0.4 is 10.9 Å². The highest BCUT2D eigenvalue weighted by molar-refractivity contribution is 8.00. The summed E-state index contributed by atoms with van der Waals surface area (Å²) in [6.07, 6.45) is 1.54. The summed E-state index contributed by atoms with van der Waals surface area (Å²) in [6, 6.07) is 17.7. The number of aromatic nitrogens is 6. The summed E-state index contributed by atoms with van der Waals surface area (Å²) in [7, 11) is 0. The topological polar surface area (TPSA) is 101 Å². The van der Waals surface area contributed by atoms with E-state index in [1.165, 1.54) is 28.7 Å². The van der Waals surface area contributed by atoms with E-state index in [4.69, 9.17) is 0 Å². The van der Waals surface area contributed by atoms with Gasteiger partial charge in [-0.05, 0) is 31.2 Å². The lowest BCUT2D eigenvalue weighted by Crippen LogP contribution is -2.11. The van der Waals surface area contributed by atoms with E-state index in [0.717, 1.165) is 15.7 Å². The first kappa shape index (κ1) is 19.5. The van der Waals surface area contributed by atoms with Gasteiger partial charge < -0.3 is 10.3 Å². The maximum absolute atomic E-state index is 12.5. The van der Waals surface area contributed by atoms with Crippen molar-refractivity contribution in [3.8, 4) is 5.69 Å². The number of fused-ring (bicyclic) bond motifs is 1. The van der Waals surface area contributed by atoms with Crippen LogP contribution in [0, 0.1) is 6.92 Å². The third-order valence-corrected chi connectivity index (χ3v) is 6.51. The quantitative estimate of drug-likeness (QED) is 0.374. The van der Waals surface area contributed by atoms with E-state index in [9.17, 15) is 4.79 Å². The standard InChI is InChI=1S/C21H17N7OS2/c1-13-7-9-14(10-8-13)23-20-26-27-21(31-20)30-12-17-24-18-16(19(29)25-17)11-22-28(18)15-5-3-2-4-6-15/h2-11H,12H2,1H3,(H,23,26)(H,24,25,29). The van der Waals surface area contributed by atoms with Crippen molar-refractivity contribution in [2.45, 2.75) is 17.0 Å². The highest BCUT2D eigenvalue weighted by Gasteiger charge is 2.13. The average molecular weight is 448 g/mol. The van der Waals surface area contributed by atoms with Crippen molar-refractivity contribution in [2.24, 2.45) is 0 Å². The summed E-state index contributed by atoms with van der Waals surface area (Å²) >= 11 is 2.92. The summed E-state index contributed by atoms with van der Waals surface area (Å²) in [4.78, 5) is 20.0. The third kappa shape index (κ3) is 4.21. The number of thioether (sulfide) groups is 1. The lowest BCUT2D eigenvalue weighted by atomic mass is 10.2. The first-order valence-corrected chi connectivity index (χ1v) is 11.3. The Morgan fingerprint density at radius 1 is 1.10 bits per heavy atom. The molecule has 10 heteroatoms. The van der Waals surface area contributed by atoms with Gasteiger partial charge in [-0.1, -0.05) is 59.0 Å². The molecule has 0 aliphatic rings. The Morgan fingerprint density at radius 2 is 1.90 bits per heavy atom. The summed E-state index contributed by atoms with van der Waals surface area (Å²) in [5.74, 6) is 1.02. The summed E-state index contributed by atoms with van der Waals surface area (Å²) in [5.41, 5.74) is 3.34. The van der Waals surface area contributed by atoms with Gasteiger partial charge in [0, 0.05) is 5.69 Å². The highest BCUT2D eigenvalue weighted by atomic mass is 32.2. The zero-order valence-corrected chi connectivity index (χ0v) is 18.1. The minimum atomic E-state index is -0.207. The number of nitrogens with one attached hydrogen (secondary N) is 2. The molecule has 0 spiro atoms. The third-order valence-electron chi connectivity index (χ3n) is 4.53. The van der Waals surface area contributed by atoms with Crippen molar-refractivity contribution < 1.29 is 0 Å². The molecule has 0 amide bonds. The van der Waals surface area contributed by atoms with Gasteiger partial charge in [-0.25, -0.2) is 9.67 Å². The minimum Gasteiger partial charge on any atom is -0.330 e. The van der Waals surface area contributed by atoms with Crippen LogP contribution >= 0.6 is 23.1 Å². The lowest BCUT2D eigenvalue weighted by Gasteiger charge is -2.04. The largest absolute Gasteiger partial charge is 0.330 e. The van der Waals surface area contributed by atoms with E-state index in [-0.39, 0.29) is 5.56 Å². The number of hydrogen-bond donors (Lipinski definition) is 2. The Labute approximate surface area is 185 Å². The summed E-state index contributed by atoms with van der Waals surface area (Å²) in [5, 5.41) is 17.2. The Balaban J connectivity index is 1.34. The Bertz CT molecular complexity index is 1390. The highest BCUT2D eigenvalue weighted by Crippen LogP contribution is 2.29. The van der Waals surface area contributed by atoms with Crippen molar-refractivity contribution >= 4 is 45.0 Å². The predicted octanol–water partition coefficient (Wildman–Crippen LogP) is 4.30. The van der Waals surface area contributed by atoms with E-state index < -0.39 is 0 Å². The molecule has 5 rings (SSSR count). The Kier molecular flexibility index (Phi) is 5.23. The van der Waals surface area contributed by atoms with Gasteiger partial charge in [0.1, 0.15) is 11.2 Å². The smallest absolute Gasteiger partial charge is 0.262 e. The van der Waals surface area contributed by atoms with E-state index in [1.54, 1.807) is 10.9 Å². The van der Waals surface area contributed by atoms with Crippen molar-refractivity contribution in [1.29, 1.82) is 0 Å². The number of H-pyrrole nitrogens is 1. The second-order valence-corrected chi connectivity index (χ2v) is 8.99. The number of aryl methyl sites for hydroxylation is 1. The van der Waals surface area contributed by atoms with E-state index in [2.05, 4.69) is 30.6 Å². The molecule has 2 N–H and O–H groups in total. The monoisotopic (exact) mass is 447 g/mol. The fourth-order valence-corrected chi connectivity index (χ4v) is 4.64. The molecule has 8 nitrogen and oxygen atoms in total. The number of para-hydroxylation sites is 1. The number of hydrogen-bond acceptors (Lipinski definition) is 8. The Hall–Kier alpha value is -3.50. The minimum absolute atomic E-state index is 0.207. The molecule has 0 aliphatic heterocycles. The molecule has 0 fully saturated rings. The zero-order chi connectivity index (χ0) is 21.2. The van der Waals surface area contributed by atoms with Crippen LogP contribution in [0.1, 0.15) is 11.4 Å². The van der Waals surface area contributed by atoms with Crippen LogP contribution in [0.3, 0.4) is 0 Å². The molecule has 0 unspecified atom stereocenters. The van der Waals surface area contributed by atoms with Crippen LogP contribution in [0.5, 0.6) is 0 Å². The first-order valence-electron chi connectivity index (χ1n) is 9.48. The summed E-state index contributed by atoms with van der Waals surface area (Å²) < 4.78 is 2.46. The number of benzene rings is 2. The van der Waals surface area contributed by atoms with E-state index >= 15 is 0 Å². The molecule has 5 aromatic rings. The van der Waals surface area contributed by atoms with Gasteiger partial charge in [0.2, 0.25) is 5.13 Å². The van der Waals surface area contributed by atoms with Gasteiger partial charge in [0.15, 0.2) is 9.99 Å². The fraction of sp³-hybridized carbons (Fsp3) is 0.0952. The van der Waals surface area contributed by atoms with Gasteiger partial charge in [0.05, 0.1) is 17.6 Å². The molecule has 0 saturated heterocycles. The number of nitrogens with zero attached hydrogens (tertiary/aromatic N) is 5. The predicted molar refractivity (Wildman–Crippen MR) is 123 cm³/mol. The van der Waals surface area contributed by atoms with Gasteiger partial charge >= 0.3 is 0 Å². The van der Waals surface area contributed by atoms with Crippen LogP contribution in [-0.2, 0) is 5.75 Å². The molecular weight excluding hydrogens is 430 g/mol. The normalized spacial score (nSPS) is 11.1. The van der Waals surface area contributed by atoms with Crippen LogP contribution in [0.4, 0.5) is 10.8 Å². The van der Waals surface area contributed by atoms with Gasteiger partial charge in [0.25, 0.3) is 5.56 Å². The SMILES string of the molecule is Cc1ccc(Nc2nnc(SCc3nc4c(cnn4-c4ccccc4)c(=O)[nH]3)s2)cc1. The molecule has 0 aliphatic carbocycles. The van der Waals surface area contributed by atoms with Crippen LogP contribution in [0.15, 0.2) is 69.9 Å². The molecule has 3 aromatic heterocycles. The molecule has 154 valence electrons. The average Bonchev–Trinajstić information content (AvgIpc) is 3.42. The first-order chi connectivity index (χ1) is 15.2. The maximum Gasteiger partial charge on any atom is 0.262 e. The van der Waals surface area contributed by atoms with E-state index in [0.29, 0.717) is 27.7 Å². The summed E-state index contributed by atoms with van der Waals surface area (Å²) in [6.45, 7) is 2.05. The van der Waals surface area contributed by atoms with Crippen LogP contribution in [0.2, 0.25) is 0 Å². The second kappa shape index (κ2) is 8.32. The number of aromatic amines is 1. The Morgan fingerprint density at radius 3 is 2.71 bits per heavy atom. The van der Waals surface area contributed by atoms with Crippen molar-refractivity contribution in [2.75, 3.05) is 5.32 Å². The molecule has 0 atom stereocenters. The molecular formula is C21H17N7OS2. The van der Waals surface area contributed by atoms with Gasteiger partial charge in [-0.3, -0.25) is 4.79 Å². The van der Waals surface area contributed by atoms with Crippen LogP contribution in [-0.4, -0.2) is 29.9 Å². The van der Waals surface area contributed by atoms with Crippen molar-refractivity contribution in [3.05, 3.63) is 82.5 Å². The number of anilines is 2. The van der Waals surface area contributed by atoms with Crippen molar-refractivity contribution in [1.82, 2.24) is 29.9 Å². The van der Waals surface area contributed by atoms with E-state index in [1.807, 2.05) is 61.5 Å². The lowest BCUT2D eigenvalue weighted by molar-refractivity contribution is 0.886. The molecule has 3 heterocycles. The number of rotatable bonds is 6. The second-order valence-electron chi connectivity index (χ2n) is 6.79. The molecule has 0 radical (unpaired) electrons. The molecule has 2 aromatic carbocycles. The fourth-order valence-electron chi connectivity index (χ4n) is 3.00. The van der Waals surface area contributed by atoms with Crippen LogP contribution in [0.25, 0.3) is 16.7 Å².